The molecule has 0 bridgehead atoms. The Balaban J connectivity index is 1.59. The molecule has 0 radical (unpaired) electrons. The van der Waals surface area contributed by atoms with Gasteiger partial charge in [-0.1, -0.05) is 24.3 Å². The molecule has 12 nitrogen and oxygen atoms in total. The molecule has 0 aliphatic carbocycles. The SMILES string of the molecule is Cc1nccn1CCOc1cccc2nc(C(C)Nc3nc(N)nc(N)c3C#N)n(-c3ccccc3)c(=O)c12. The van der Waals surface area contributed by atoms with Crippen LogP contribution in [0.2, 0.25) is 0 Å². The van der Waals surface area contributed by atoms with E-state index in [0.717, 1.165) is 5.82 Å². The Morgan fingerprint density at radius 3 is 2.62 bits per heavy atom. The molecule has 39 heavy (non-hydrogen) atoms. The third-order valence-electron chi connectivity index (χ3n) is 6.22. The van der Waals surface area contributed by atoms with Crippen molar-refractivity contribution in [2.24, 2.45) is 0 Å². The van der Waals surface area contributed by atoms with E-state index in [1.165, 1.54) is 4.57 Å². The van der Waals surface area contributed by atoms with Gasteiger partial charge in [0.05, 0.1) is 23.8 Å². The first kappa shape index (κ1) is 25.2. The Morgan fingerprint density at radius 2 is 1.90 bits per heavy atom. The number of aryl methyl sites for hydroxylation is 1. The number of nitrogens with two attached hydrogens (primary N) is 2. The third kappa shape index (κ3) is 4.93. The van der Waals surface area contributed by atoms with Gasteiger partial charge in [-0.05, 0) is 38.1 Å². The third-order valence-corrected chi connectivity index (χ3v) is 6.22. The number of nitrogen functional groups attached to an aromatic ring is 2. The topological polar surface area (TPSA) is 176 Å². The number of aromatic nitrogens is 6. The second-order valence-electron chi connectivity index (χ2n) is 8.78. The highest BCUT2D eigenvalue weighted by Gasteiger charge is 2.22. The average Bonchev–Trinajstić information content (AvgIpc) is 3.33. The molecule has 0 saturated heterocycles. The number of hydrogen-bond donors (Lipinski definition) is 3. The van der Waals surface area contributed by atoms with Crippen LogP contribution < -0.4 is 27.1 Å². The molecular weight excluding hydrogens is 496 g/mol. The number of nitriles is 1. The molecule has 5 N–H and O–H groups in total. The number of nitrogens with one attached hydrogen (secondary N) is 1. The van der Waals surface area contributed by atoms with E-state index >= 15 is 0 Å². The van der Waals surface area contributed by atoms with E-state index in [4.69, 9.17) is 21.2 Å². The maximum atomic E-state index is 14.1. The molecule has 0 spiro atoms. The first-order valence-corrected chi connectivity index (χ1v) is 12.2. The summed E-state index contributed by atoms with van der Waals surface area (Å²) in [6, 6.07) is 15.9. The lowest BCUT2D eigenvalue weighted by Gasteiger charge is -2.21. The lowest BCUT2D eigenvalue weighted by molar-refractivity contribution is 0.300. The smallest absolute Gasteiger partial charge is 0.269 e. The van der Waals surface area contributed by atoms with Crippen molar-refractivity contribution in [2.75, 3.05) is 23.4 Å². The number of benzene rings is 2. The summed E-state index contributed by atoms with van der Waals surface area (Å²) in [4.78, 5) is 31.2. The fraction of sp³-hybridized carbons (Fsp3) is 0.185. The molecule has 3 aromatic heterocycles. The van der Waals surface area contributed by atoms with Crippen LogP contribution >= 0.6 is 0 Å². The highest BCUT2D eigenvalue weighted by molar-refractivity contribution is 5.84. The molecule has 5 rings (SSSR count). The first-order valence-electron chi connectivity index (χ1n) is 12.2. The van der Waals surface area contributed by atoms with E-state index in [9.17, 15) is 10.1 Å². The zero-order valence-electron chi connectivity index (χ0n) is 21.4. The zero-order chi connectivity index (χ0) is 27.5. The molecule has 1 unspecified atom stereocenters. The number of imidazole rings is 1. The number of nitrogens with zero attached hydrogens (tertiary/aromatic N) is 7. The minimum Gasteiger partial charge on any atom is -0.491 e. The fourth-order valence-corrected chi connectivity index (χ4v) is 4.33. The van der Waals surface area contributed by atoms with Crippen LogP contribution in [0.25, 0.3) is 16.6 Å². The second kappa shape index (κ2) is 10.5. The molecule has 0 aliphatic rings. The van der Waals surface area contributed by atoms with E-state index in [1.54, 1.807) is 31.3 Å². The number of para-hydroxylation sites is 1. The van der Waals surface area contributed by atoms with Crippen LogP contribution in [0.1, 0.15) is 30.2 Å². The standard InChI is InChI=1S/C27H26N10O2/c1-16(32-24-19(15-28)23(29)34-27(30)35-24)25-33-20-9-6-10-21(39-14-13-36-12-11-31-17(36)2)22(20)26(38)37(25)18-7-4-3-5-8-18/h3-12,16H,13-14H2,1-2H3,(H5,29,30,32,34,35). The van der Waals surface area contributed by atoms with E-state index in [1.807, 2.05) is 54.1 Å². The van der Waals surface area contributed by atoms with Crippen LogP contribution in [0.15, 0.2) is 65.7 Å². The molecule has 0 saturated carbocycles. The number of fused-ring (bicyclic) bond motifs is 1. The van der Waals surface area contributed by atoms with Gasteiger partial charge in [0.15, 0.2) is 5.82 Å². The quantitative estimate of drug-likeness (QED) is 0.275. The van der Waals surface area contributed by atoms with Crippen molar-refractivity contribution >= 4 is 28.5 Å². The van der Waals surface area contributed by atoms with Gasteiger partial charge in [0.2, 0.25) is 5.95 Å². The average molecular weight is 523 g/mol. The minimum atomic E-state index is -0.586. The number of anilines is 3. The van der Waals surface area contributed by atoms with Crippen LogP contribution in [0.4, 0.5) is 17.6 Å². The van der Waals surface area contributed by atoms with Gasteiger partial charge >= 0.3 is 0 Å². The van der Waals surface area contributed by atoms with Crippen molar-refractivity contribution in [2.45, 2.75) is 26.4 Å². The lowest BCUT2D eigenvalue weighted by Crippen LogP contribution is -2.28. The van der Waals surface area contributed by atoms with Crippen LogP contribution in [0.5, 0.6) is 5.75 Å². The number of rotatable bonds is 8. The van der Waals surface area contributed by atoms with Crippen molar-refractivity contribution in [3.8, 4) is 17.5 Å². The van der Waals surface area contributed by atoms with Gasteiger partial charge in [0.1, 0.15) is 46.8 Å². The largest absolute Gasteiger partial charge is 0.491 e. The molecule has 12 heteroatoms. The summed E-state index contributed by atoms with van der Waals surface area (Å²) in [6.45, 7) is 4.64. The summed E-state index contributed by atoms with van der Waals surface area (Å²) in [5, 5.41) is 13.1. The molecule has 5 aromatic rings. The zero-order valence-corrected chi connectivity index (χ0v) is 21.4. The Labute approximate surface area is 223 Å². The summed E-state index contributed by atoms with van der Waals surface area (Å²) in [7, 11) is 0. The van der Waals surface area contributed by atoms with Crippen molar-refractivity contribution in [1.82, 2.24) is 29.1 Å². The molecule has 1 atom stereocenters. The minimum absolute atomic E-state index is 0.0423. The van der Waals surface area contributed by atoms with E-state index < -0.39 is 6.04 Å². The van der Waals surface area contributed by atoms with E-state index in [0.29, 0.717) is 41.3 Å². The summed E-state index contributed by atoms with van der Waals surface area (Å²) in [5.74, 6) is 1.73. The predicted octanol–water partition coefficient (Wildman–Crippen LogP) is 2.97. The van der Waals surface area contributed by atoms with Crippen LogP contribution in [-0.2, 0) is 6.54 Å². The highest BCUT2D eigenvalue weighted by Crippen LogP contribution is 2.27. The normalized spacial score (nSPS) is 11.7. The van der Waals surface area contributed by atoms with Crippen molar-refractivity contribution < 1.29 is 4.74 Å². The fourth-order valence-electron chi connectivity index (χ4n) is 4.33. The molecule has 2 aromatic carbocycles. The van der Waals surface area contributed by atoms with Crippen molar-refractivity contribution in [3.63, 3.8) is 0 Å². The number of ether oxygens (including phenoxy) is 1. The van der Waals surface area contributed by atoms with Crippen molar-refractivity contribution in [1.29, 1.82) is 5.26 Å². The molecule has 196 valence electrons. The monoisotopic (exact) mass is 522 g/mol. The second-order valence-corrected chi connectivity index (χ2v) is 8.78. The Kier molecular flexibility index (Phi) is 6.79. The van der Waals surface area contributed by atoms with Gasteiger partial charge in [-0.3, -0.25) is 9.36 Å². The summed E-state index contributed by atoms with van der Waals surface area (Å²) < 4.78 is 9.57. The van der Waals surface area contributed by atoms with Crippen LogP contribution in [0, 0.1) is 18.3 Å². The van der Waals surface area contributed by atoms with Crippen LogP contribution in [-0.4, -0.2) is 35.7 Å². The van der Waals surface area contributed by atoms with Gasteiger partial charge < -0.3 is 26.1 Å². The summed E-state index contributed by atoms with van der Waals surface area (Å²) in [5.41, 5.74) is 12.5. The molecule has 0 amide bonds. The highest BCUT2D eigenvalue weighted by atomic mass is 16.5. The van der Waals surface area contributed by atoms with Gasteiger partial charge in [-0.2, -0.15) is 15.2 Å². The predicted molar refractivity (Wildman–Crippen MR) is 147 cm³/mol. The van der Waals surface area contributed by atoms with Gasteiger partial charge in [0.25, 0.3) is 5.56 Å². The lowest BCUT2D eigenvalue weighted by atomic mass is 10.1. The first-order chi connectivity index (χ1) is 18.9. The molecule has 0 aliphatic heterocycles. The Hall–Kier alpha value is -5.44. The maximum absolute atomic E-state index is 14.1. The van der Waals surface area contributed by atoms with E-state index in [2.05, 4.69) is 20.3 Å². The van der Waals surface area contributed by atoms with Gasteiger partial charge in [0, 0.05) is 12.4 Å². The summed E-state index contributed by atoms with van der Waals surface area (Å²) >= 11 is 0. The Bertz CT molecular complexity index is 1760. The van der Waals surface area contributed by atoms with Gasteiger partial charge in [-0.25, -0.2) is 9.97 Å². The van der Waals surface area contributed by atoms with Gasteiger partial charge in [-0.15, -0.1) is 0 Å². The van der Waals surface area contributed by atoms with E-state index in [-0.39, 0.29) is 28.7 Å². The van der Waals surface area contributed by atoms with Crippen LogP contribution in [0.3, 0.4) is 0 Å². The maximum Gasteiger partial charge on any atom is 0.269 e. The number of hydrogen-bond acceptors (Lipinski definition) is 10. The molecule has 0 fully saturated rings. The van der Waals surface area contributed by atoms with Crippen molar-refractivity contribution in [3.05, 3.63) is 88.5 Å². The Morgan fingerprint density at radius 1 is 1.10 bits per heavy atom. The molecule has 3 heterocycles. The molecular formula is C27H26N10O2. The summed E-state index contributed by atoms with van der Waals surface area (Å²) in [6.07, 6.45) is 3.61.